The van der Waals surface area contributed by atoms with Crippen molar-refractivity contribution >= 4 is 21.4 Å². The van der Waals surface area contributed by atoms with E-state index >= 15 is 0 Å². The van der Waals surface area contributed by atoms with E-state index in [0.717, 1.165) is 11.3 Å². The molecule has 3 N–H and O–H groups in total. The molecule has 9 heteroatoms. The Hall–Kier alpha value is -1.45. The Labute approximate surface area is 94.6 Å². The van der Waals surface area contributed by atoms with Gasteiger partial charge in [-0.2, -0.15) is 0 Å². The van der Waals surface area contributed by atoms with Gasteiger partial charge in [0.05, 0.1) is 19.1 Å². The highest BCUT2D eigenvalue weighted by atomic mass is 32.2. The molecule has 2 heterocycles. The first kappa shape index (κ1) is 11.0. The molecule has 0 saturated carbocycles. The maximum atomic E-state index is 11.6. The van der Waals surface area contributed by atoms with Gasteiger partial charge in [-0.05, 0) is 0 Å². The van der Waals surface area contributed by atoms with Gasteiger partial charge >= 0.3 is 4.87 Å². The second kappa shape index (κ2) is 4.20. The van der Waals surface area contributed by atoms with Gasteiger partial charge in [-0.3, -0.25) is 4.79 Å². The average Bonchev–Trinajstić information content (AvgIpc) is 2.85. The molecule has 0 aromatic carbocycles. The molecule has 86 valence electrons. The SMILES string of the molecule is O=c1[nH]c(CNS(=O)(=O)c2cnc[nH]2)cs1. The van der Waals surface area contributed by atoms with Crippen LogP contribution in [0.3, 0.4) is 0 Å². The number of aromatic nitrogens is 3. The number of sulfonamides is 1. The molecule has 16 heavy (non-hydrogen) atoms. The molecule has 0 aliphatic carbocycles. The van der Waals surface area contributed by atoms with Crippen LogP contribution in [-0.2, 0) is 16.6 Å². The van der Waals surface area contributed by atoms with Crippen molar-refractivity contribution in [1.29, 1.82) is 0 Å². The third kappa shape index (κ3) is 2.38. The zero-order valence-corrected chi connectivity index (χ0v) is 9.56. The van der Waals surface area contributed by atoms with Crippen LogP contribution >= 0.6 is 11.3 Å². The molecule has 0 saturated heterocycles. The van der Waals surface area contributed by atoms with E-state index in [-0.39, 0.29) is 16.4 Å². The van der Waals surface area contributed by atoms with E-state index in [0.29, 0.717) is 5.69 Å². The van der Waals surface area contributed by atoms with Crippen LogP contribution in [0.1, 0.15) is 5.69 Å². The van der Waals surface area contributed by atoms with E-state index in [9.17, 15) is 13.2 Å². The minimum Gasteiger partial charge on any atom is -0.335 e. The summed E-state index contributed by atoms with van der Waals surface area (Å²) in [5, 5.41) is 1.56. The summed E-state index contributed by atoms with van der Waals surface area (Å²) in [6, 6.07) is 0. The standard InChI is InChI=1S/C7H8N4O3S2/c12-7-11-5(3-15-7)1-10-16(13,14)6-2-8-4-9-6/h2-4,10H,1H2,(H,8,9)(H,11,12). The zero-order chi connectivity index (χ0) is 11.6. The minimum absolute atomic E-state index is 0.00919. The van der Waals surface area contributed by atoms with Crippen molar-refractivity contribution in [2.75, 3.05) is 0 Å². The van der Waals surface area contributed by atoms with Gasteiger partial charge in [-0.25, -0.2) is 18.1 Å². The molecule has 2 aromatic heterocycles. The van der Waals surface area contributed by atoms with Gasteiger partial charge in [0.25, 0.3) is 10.0 Å². The summed E-state index contributed by atoms with van der Waals surface area (Å²) in [7, 11) is -3.59. The number of H-pyrrole nitrogens is 2. The van der Waals surface area contributed by atoms with E-state index < -0.39 is 10.0 Å². The fourth-order valence-corrected chi connectivity index (χ4v) is 2.53. The predicted octanol–water partition coefficient (Wildman–Crippen LogP) is -0.362. The zero-order valence-electron chi connectivity index (χ0n) is 7.93. The Morgan fingerprint density at radius 1 is 1.50 bits per heavy atom. The van der Waals surface area contributed by atoms with E-state index in [2.05, 4.69) is 19.7 Å². The number of nitrogens with one attached hydrogen (secondary N) is 3. The van der Waals surface area contributed by atoms with Gasteiger partial charge in [0.1, 0.15) is 0 Å². The summed E-state index contributed by atoms with van der Waals surface area (Å²) in [5.41, 5.74) is 0.526. The van der Waals surface area contributed by atoms with E-state index in [4.69, 9.17) is 0 Å². The number of aromatic amines is 2. The van der Waals surface area contributed by atoms with Crippen LogP contribution in [0.25, 0.3) is 0 Å². The average molecular weight is 260 g/mol. The van der Waals surface area contributed by atoms with Crippen molar-refractivity contribution in [3.05, 3.63) is 33.3 Å². The van der Waals surface area contributed by atoms with Gasteiger partial charge in [0.2, 0.25) is 0 Å². The summed E-state index contributed by atoms with van der Waals surface area (Å²) in [6.45, 7) is 0.0418. The van der Waals surface area contributed by atoms with Crippen molar-refractivity contribution in [2.45, 2.75) is 11.6 Å². The second-order valence-electron chi connectivity index (χ2n) is 2.91. The Morgan fingerprint density at radius 2 is 2.31 bits per heavy atom. The molecule has 0 spiro atoms. The molecule has 0 aliphatic heterocycles. The smallest absolute Gasteiger partial charge is 0.304 e. The first-order chi connectivity index (χ1) is 7.58. The molecule has 0 bridgehead atoms. The van der Waals surface area contributed by atoms with Crippen LogP contribution in [-0.4, -0.2) is 23.4 Å². The molecule has 2 aromatic rings. The van der Waals surface area contributed by atoms with Crippen LogP contribution in [0.4, 0.5) is 0 Å². The largest absolute Gasteiger partial charge is 0.335 e. The van der Waals surface area contributed by atoms with Crippen LogP contribution in [0, 0.1) is 0 Å². The lowest BCUT2D eigenvalue weighted by Gasteiger charge is -2.01. The molecule has 0 unspecified atom stereocenters. The van der Waals surface area contributed by atoms with Crippen molar-refractivity contribution in [3.63, 3.8) is 0 Å². The van der Waals surface area contributed by atoms with Crippen LogP contribution in [0.15, 0.2) is 27.7 Å². The number of rotatable bonds is 4. The molecule has 0 aliphatic rings. The summed E-state index contributed by atoms with van der Waals surface area (Å²) in [4.78, 5) is 19.2. The Balaban J connectivity index is 2.09. The van der Waals surface area contributed by atoms with Crippen molar-refractivity contribution in [1.82, 2.24) is 19.7 Å². The molecule has 7 nitrogen and oxygen atoms in total. The van der Waals surface area contributed by atoms with Crippen molar-refractivity contribution in [2.24, 2.45) is 0 Å². The van der Waals surface area contributed by atoms with Gasteiger partial charge in [0.15, 0.2) is 5.03 Å². The van der Waals surface area contributed by atoms with Crippen molar-refractivity contribution in [3.8, 4) is 0 Å². The lowest BCUT2D eigenvalue weighted by molar-refractivity contribution is 0.577. The van der Waals surface area contributed by atoms with Gasteiger partial charge in [-0.15, -0.1) is 0 Å². The minimum atomic E-state index is -3.59. The molecule has 0 atom stereocenters. The van der Waals surface area contributed by atoms with Crippen LogP contribution in [0.2, 0.25) is 0 Å². The fraction of sp³-hybridized carbons (Fsp3) is 0.143. The number of hydrogen-bond donors (Lipinski definition) is 3. The summed E-state index contributed by atoms with van der Waals surface area (Å²) in [5.74, 6) is 0. The van der Waals surface area contributed by atoms with E-state index in [1.54, 1.807) is 5.38 Å². The van der Waals surface area contributed by atoms with Gasteiger partial charge in [0, 0.05) is 11.1 Å². The molecule has 0 fully saturated rings. The van der Waals surface area contributed by atoms with E-state index in [1.807, 2.05) is 0 Å². The van der Waals surface area contributed by atoms with E-state index in [1.165, 1.54) is 12.5 Å². The Morgan fingerprint density at radius 3 is 2.88 bits per heavy atom. The van der Waals surface area contributed by atoms with Gasteiger partial charge < -0.3 is 9.97 Å². The monoisotopic (exact) mass is 260 g/mol. The lowest BCUT2D eigenvalue weighted by atomic mass is 10.5. The van der Waals surface area contributed by atoms with Gasteiger partial charge in [-0.1, -0.05) is 11.3 Å². The van der Waals surface area contributed by atoms with Crippen LogP contribution < -0.4 is 9.60 Å². The second-order valence-corrected chi connectivity index (χ2v) is 5.49. The Bertz CT molecular complexity index is 610. The number of thiazole rings is 1. The number of hydrogen-bond acceptors (Lipinski definition) is 5. The highest BCUT2D eigenvalue weighted by molar-refractivity contribution is 7.89. The molecular weight excluding hydrogens is 252 g/mol. The number of nitrogens with zero attached hydrogens (tertiary/aromatic N) is 1. The third-order valence-corrected chi connectivity index (χ3v) is 3.83. The summed E-state index contributed by atoms with van der Waals surface area (Å²) < 4.78 is 25.5. The summed E-state index contributed by atoms with van der Waals surface area (Å²) >= 11 is 0.986. The van der Waals surface area contributed by atoms with Crippen LogP contribution in [0.5, 0.6) is 0 Å². The summed E-state index contributed by atoms with van der Waals surface area (Å²) in [6.07, 6.45) is 2.49. The Kier molecular flexibility index (Phi) is 2.90. The first-order valence-electron chi connectivity index (χ1n) is 4.23. The maximum absolute atomic E-state index is 11.6. The lowest BCUT2D eigenvalue weighted by Crippen LogP contribution is -2.24. The predicted molar refractivity (Wildman–Crippen MR) is 57.6 cm³/mol. The highest BCUT2D eigenvalue weighted by Gasteiger charge is 2.15. The quantitative estimate of drug-likeness (QED) is 0.697. The normalized spacial score (nSPS) is 11.8. The molecule has 0 amide bonds. The van der Waals surface area contributed by atoms with Crippen molar-refractivity contribution < 1.29 is 8.42 Å². The topological polar surface area (TPSA) is 108 Å². The highest BCUT2D eigenvalue weighted by Crippen LogP contribution is 2.03. The number of imidazole rings is 1. The maximum Gasteiger partial charge on any atom is 0.304 e. The molecule has 2 rings (SSSR count). The third-order valence-electron chi connectivity index (χ3n) is 1.79. The molecular formula is C7H8N4O3S2. The fourth-order valence-electron chi connectivity index (χ4n) is 1.04. The first-order valence-corrected chi connectivity index (χ1v) is 6.59. The molecule has 0 radical (unpaired) electrons.